The molecule has 1 radical (unpaired) electrons. The molecule has 0 spiro atoms. The molecule has 0 aliphatic carbocycles. The van der Waals surface area contributed by atoms with E-state index >= 15 is 0 Å². The average Bonchev–Trinajstić information content (AvgIpc) is 3.05. The highest BCUT2D eigenvalue weighted by Crippen LogP contribution is 2.43. The van der Waals surface area contributed by atoms with Crippen LogP contribution in [-0.2, 0) is 0 Å². The van der Waals surface area contributed by atoms with E-state index in [0.717, 1.165) is 5.56 Å². The third-order valence-electron chi connectivity index (χ3n) is 3.75. The molecule has 1 aromatic heterocycles. The summed E-state index contributed by atoms with van der Waals surface area (Å²) in [4.78, 5) is 4.35. The lowest BCUT2D eigenvalue weighted by molar-refractivity contribution is 0.174. The molecule has 23 heavy (non-hydrogen) atoms. The number of nitrogens with two attached hydrogens (primary N) is 1. The molecule has 2 N–H and O–H groups in total. The molecule has 4 rings (SSSR count). The summed E-state index contributed by atoms with van der Waals surface area (Å²) in [5.74, 6) is 0.870. The number of pyridine rings is 1. The van der Waals surface area contributed by atoms with E-state index in [1.165, 1.54) is 6.07 Å². The first kappa shape index (κ1) is 13.6. The van der Waals surface area contributed by atoms with Crippen molar-refractivity contribution in [3.05, 3.63) is 60.5 Å². The van der Waals surface area contributed by atoms with Crippen LogP contribution in [0.25, 0.3) is 22.4 Å². The van der Waals surface area contributed by atoms with E-state index in [9.17, 15) is 4.39 Å². The van der Waals surface area contributed by atoms with E-state index in [-0.39, 0.29) is 12.6 Å². The van der Waals surface area contributed by atoms with Crippen LogP contribution in [0.15, 0.2) is 48.7 Å². The Kier molecular flexibility index (Phi) is 3.12. The summed E-state index contributed by atoms with van der Waals surface area (Å²) < 4.78 is 24.9. The largest absolute Gasteiger partial charge is 0.454 e. The van der Waals surface area contributed by atoms with Crippen LogP contribution in [-0.4, -0.2) is 11.8 Å². The fourth-order valence-corrected chi connectivity index (χ4v) is 2.67. The van der Waals surface area contributed by atoms with Crippen molar-refractivity contribution in [1.29, 1.82) is 0 Å². The maximum absolute atomic E-state index is 14.1. The lowest BCUT2D eigenvalue weighted by Gasteiger charge is -2.12. The zero-order valence-corrected chi connectivity index (χ0v) is 12.0. The summed E-state index contributed by atoms with van der Waals surface area (Å²) in [6, 6.07) is 14.5. The van der Waals surface area contributed by atoms with Gasteiger partial charge < -0.3 is 15.2 Å². The first-order valence-corrected chi connectivity index (χ1v) is 7.05. The molecular weight excluding hydrogens is 295 g/mol. The van der Waals surface area contributed by atoms with Crippen LogP contribution in [0, 0.1) is 11.9 Å². The number of halogens is 1. The van der Waals surface area contributed by atoms with Gasteiger partial charge in [0.2, 0.25) is 6.79 Å². The number of rotatable bonds is 2. The minimum absolute atomic E-state index is 0.162. The molecule has 2 aromatic carbocycles. The van der Waals surface area contributed by atoms with Crippen LogP contribution < -0.4 is 15.2 Å². The SMILES string of the molecule is Nc1c(-c2cc[c]cc2F)ccnc1-c1cccc2c1OCO2. The van der Waals surface area contributed by atoms with Crippen molar-refractivity contribution in [2.24, 2.45) is 0 Å². The molecule has 5 heteroatoms. The van der Waals surface area contributed by atoms with Crippen LogP contribution in [0.4, 0.5) is 10.1 Å². The Labute approximate surface area is 132 Å². The Morgan fingerprint density at radius 3 is 2.87 bits per heavy atom. The average molecular weight is 307 g/mol. The lowest BCUT2D eigenvalue weighted by Crippen LogP contribution is -1.99. The number of para-hydroxylation sites is 1. The van der Waals surface area contributed by atoms with Crippen molar-refractivity contribution >= 4 is 5.69 Å². The van der Waals surface area contributed by atoms with Gasteiger partial charge >= 0.3 is 0 Å². The first-order valence-electron chi connectivity index (χ1n) is 7.05. The summed E-state index contributed by atoms with van der Waals surface area (Å²) in [6.45, 7) is 0.162. The Morgan fingerprint density at radius 2 is 2.00 bits per heavy atom. The number of ether oxygens (including phenoxy) is 2. The predicted octanol–water partition coefficient (Wildman–Crippen LogP) is 3.67. The van der Waals surface area contributed by atoms with Crippen LogP contribution in [0.2, 0.25) is 0 Å². The summed E-state index contributed by atoms with van der Waals surface area (Å²) in [7, 11) is 0. The van der Waals surface area contributed by atoms with Crippen molar-refractivity contribution in [2.75, 3.05) is 12.5 Å². The highest BCUT2D eigenvalue weighted by Gasteiger charge is 2.22. The van der Waals surface area contributed by atoms with Gasteiger partial charge in [-0.2, -0.15) is 0 Å². The van der Waals surface area contributed by atoms with E-state index in [2.05, 4.69) is 11.1 Å². The molecule has 3 aromatic rings. The van der Waals surface area contributed by atoms with Crippen LogP contribution >= 0.6 is 0 Å². The molecule has 0 saturated heterocycles. The maximum Gasteiger partial charge on any atom is 0.231 e. The molecule has 0 atom stereocenters. The highest BCUT2D eigenvalue weighted by atomic mass is 19.1. The number of nitrogens with zero attached hydrogens (tertiary/aromatic N) is 1. The normalized spacial score (nSPS) is 12.4. The molecule has 0 fully saturated rings. The molecule has 0 unspecified atom stereocenters. The van der Waals surface area contributed by atoms with Crippen LogP contribution in [0.3, 0.4) is 0 Å². The Morgan fingerprint density at radius 1 is 1.09 bits per heavy atom. The molecule has 1 aliphatic rings. The molecule has 113 valence electrons. The smallest absolute Gasteiger partial charge is 0.231 e. The van der Waals surface area contributed by atoms with Crippen LogP contribution in [0.1, 0.15) is 0 Å². The number of hydrogen-bond donors (Lipinski definition) is 1. The van der Waals surface area contributed by atoms with Crippen molar-refractivity contribution in [1.82, 2.24) is 4.98 Å². The van der Waals surface area contributed by atoms with Gasteiger partial charge in [0.15, 0.2) is 11.5 Å². The minimum atomic E-state index is -0.380. The minimum Gasteiger partial charge on any atom is -0.454 e. The third kappa shape index (κ3) is 2.17. The van der Waals surface area contributed by atoms with Crippen molar-refractivity contribution in [2.45, 2.75) is 0 Å². The second-order valence-electron chi connectivity index (χ2n) is 5.07. The fourth-order valence-electron chi connectivity index (χ4n) is 2.67. The quantitative estimate of drug-likeness (QED) is 0.785. The molecule has 0 saturated carbocycles. The number of aromatic nitrogens is 1. The highest BCUT2D eigenvalue weighted by molar-refractivity contribution is 5.89. The maximum atomic E-state index is 14.1. The third-order valence-corrected chi connectivity index (χ3v) is 3.75. The Hall–Kier alpha value is -3.08. The van der Waals surface area contributed by atoms with Crippen molar-refractivity contribution in [3.8, 4) is 33.9 Å². The van der Waals surface area contributed by atoms with Gasteiger partial charge in [-0.3, -0.25) is 4.98 Å². The molecule has 4 nitrogen and oxygen atoms in total. The topological polar surface area (TPSA) is 57.4 Å². The second kappa shape index (κ2) is 5.28. The van der Waals surface area contributed by atoms with Crippen molar-refractivity contribution < 1.29 is 13.9 Å². The molecular formula is C18H12FN2O2. The predicted molar refractivity (Wildman–Crippen MR) is 84.4 cm³/mol. The van der Waals surface area contributed by atoms with Gasteiger partial charge in [0.05, 0.1) is 11.4 Å². The monoisotopic (exact) mass is 307 g/mol. The van der Waals surface area contributed by atoms with E-state index in [1.807, 2.05) is 18.2 Å². The summed E-state index contributed by atoms with van der Waals surface area (Å²) in [5.41, 5.74) is 8.92. The molecule has 0 amide bonds. The zero-order chi connectivity index (χ0) is 15.8. The Bertz CT molecular complexity index is 896. The van der Waals surface area contributed by atoms with E-state index in [1.54, 1.807) is 24.4 Å². The van der Waals surface area contributed by atoms with E-state index in [4.69, 9.17) is 15.2 Å². The molecule has 2 heterocycles. The van der Waals surface area contributed by atoms with E-state index < -0.39 is 0 Å². The standard InChI is InChI=1S/C18H12FN2O2/c19-14-6-2-1-4-11(14)12-8-9-21-17(16(12)20)13-5-3-7-15-18(13)23-10-22-15/h1,3-9H,10,20H2. The number of nitrogen functional groups attached to an aromatic ring is 1. The van der Waals surface area contributed by atoms with E-state index in [0.29, 0.717) is 34.0 Å². The van der Waals surface area contributed by atoms with Gasteiger partial charge in [0.25, 0.3) is 0 Å². The molecule has 1 aliphatic heterocycles. The second-order valence-corrected chi connectivity index (χ2v) is 5.07. The number of fused-ring (bicyclic) bond motifs is 1. The summed E-state index contributed by atoms with van der Waals surface area (Å²) >= 11 is 0. The summed E-state index contributed by atoms with van der Waals surface area (Å²) in [5, 5.41) is 0. The molecule has 0 bridgehead atoms. The number of hydrogen-bond acceptors (Lipinski definition) is 4. The Balaban J connectivity index is 1.91. The summed E-state index contributed by atoms with van der Waals surface area (Å²) in [6.07, 6.45) is 1.60. The van der Waals surface area contributed by atoms with Gasteiger partial charge in [-0.15, -0.1) is 0 Å². The van der Waals surface area contributed by atoms with Gasteiger partial charge in [0, 0.05) is 22.9 Å². The fraction of sp³-hybridized carbons (Fsp3) is 0.0556. The number of benzene rings is 2. The lowest BCUT2D eigenvalue weighted by atomic mass is 10.00. The first-order chi connectivity index (χ1) is 11.3. The zero-order valence-electron chi connectivity index (χ0n) is 12.0. The van der Waals surface area contributed by atoms with Crippen LogP contribution in [0.5, 0.6) is 11.5 Å². The van der Waals surface area contributed by atoms with Gasteiger partial charge in [-0.25, -0.2) is 4.39 Å². The number of anilines is 1. The van der Waals surface area contributed by atoms with Gasteiger partial charge in [-0.05, 0) is 30.3 Å². The van der Waals surface area contributed by atoms with Gasteiger partial charge in [0.1, 0.15) is 5.82 Å². The van der Waals surface area contributed by atoms with Gasteiger partial charge in [-0.1, -0.05) is 18.2 Å². The van der Waals surface area contributed by atoms with Crippen molar-refractivity contribution in [3.63, 3.8) is 0 Å².